The molecule has 208 valence electrons. The van der Waals surface area contributed by atoms with Crippen LogP contribution in [-0.2, 0) is 11.2 Å². The molecule has 0 aliphatic carbocycles. The molecular formula is C34H38F4O. The molecule has 0 N–H and O–H groups in total. The van der Waals surface area contributed by atoms with Crippen molar-refractivity contribution >= 4 is 0 Å². The molecule has 39 heavy (non-hydrogen) atoms. The van der Waals surface area contributed by atoms with E-state index in [4.69, 9.17) is 4.74 Å². The lowest BCUT2D eigenvalue weighted by atomic mass is 9.89. The van der Waals surface area contributed by atoms with Crippen LogP contribution >= 0.6 is 0 Å². The molecule has 0 aromatic heterocycles. The first-order chi connectivity index (χ1) is 18.9. The molecule has 1 nitrogen and oxygen atoms in total. The van der Waals surface area contributed by atoms with Gasteiger partial charge in [0, 0.05) is 17.0 Å². The third-order valence-corrected chi connectivity index (χ3v) is 7.84. The van der Waals surface area contributed by atoms with E-state index in [1.54, 1.807) is 54.6 Å². The highest BCUT2D eigenvalue weighted by molar-refractivity contribution is 5.71. The Hall–Kier alpha value is -2.92. The molecule has 1 saturated heterocycles. The lowest BCUT2D eigenvalue weighted by Crippen LogP contribution is -2.23. The van der Waals surface area contributed by atoms with Crippen molar-refractivity contribution in [2.45, 2.75) is 83.2 Å². The molecule has 1 heterocycles. The summed E-state index contributed by atoms with van der Waals surface area (Å²) in [5, 5.41) is 0. The van der Waals surface area contributed by atoms with Crippen molar-refractivity contribution in [1.82, 2.24) is 0 Å². The quantitative estimate of drug-likeness (QED) is 0.127. The van der Waals surface area contributed by atoms with Gasteiger partial charge in [0.1, 0.15) is 0 Å². The van der Waals surface area contributed by atoms with Crippen LogP contribution in [0.1, 0.15) is 81.8 Å². The fourth-order valence-electron chi connectivity index (χ4n) is 5.41. The molecule has 1 fully saturated rings. The number of benzene rings is 3. The molecule has 0 bridgehead atoms. The lowest BCUT2D eigenvalue weighted by Gasteiger charge is -2.28. The minimum atomic E-state index is -0.918. The molecular weight excluding hydrogens is 500 g/mol. The van der Waals surface area contributed by atoms with Crippen LogP contribution in [0.25, 0.3) is 22.3 Å². The Morgan fingerprint density at radius 2 is 1.31 bits per heavy atom. The molecule has 5 heteroatoms. The minimum Gasteiger partial charge on any atom is -0.374 e. The summed E-state index contributed by atoms with van der Waals surface area (Å²) in [5.41, 5.74) is 1.92. The Bertz CT molecular complexity index is 1240. The highest BCUT2D eigenvalue weighted by Crippen LogP contribution is 2.35. The van der Waals surface area contributed by atoms with Crippen molar-refractivity contribution in [2.24, 2.45) is 0 Å². The maximum absolute atomic E-state index is 15.1. The second-order valence-corrected chi connectivity index (χ2v) is 10.6. The predicted octanol–water partition coefficient (Wildman–Crippen LogP) is 10.3. The number of ether oxygens (including phenoxy) is 1. The van der Waals surface area contributed by atoms with Gasteiger partial charge in [0.15, 0.2) is 23.3 Å². The zero-order valence-corrected chi connectivity index (χ0v) is 22.8. The highest BCUT2D eigenvalue weighted by atomic mass is 19.2. The Balaban J connectivity index is 1.43. The summed E-state index contributed by atoms with van der Waals surface area (Å²) in [7, 11) is 0. The van der Waals surface area contributed by atoms with Gasteiger partial charge in [-0.25, -0.2) is 17.6 Å². The number of hydrogen-bond acceptors (Lipinski definition) is 1. The Kier molecular flexibility index (Phi) is 10.4. The molecule has 0 radical (unpaired) electrons. The molecule has 1 aliphatic heterocycles. The standard InChI is InChI=1S/C34H38F4O/c1-3-5-6-7-8-9-10-11-25-17-19-28(32(36)31(25)35)23-12-14-24(15-13-23)29-20-21-30(34(38)33(29)37)26-16-18-27(4-2)39-22-26/h4,12-15,17,19-21,26-27H,2-3,5-11,16,18,22H2,1H3. The van der Waals surface area contributed by atoms with Crippen LogP contribution < -0.4 is 0 Å². The average molecular weight is 539 g/mol. The van der Waals surface area contributed by atoms with Crippen LogP contribution in [0.2, 0.25) is 0 Å². The molecule has 4 rings (SSSR count). The summed E-state index contributed by atoms with van der Waals surface area (Å²) in [5.74, 6) is -3.68. The van der Waals surface area contributed by atoms with Gasteiger partial charge in [0.2, 0.25) is 0 Å². The van der Waals surface area contributed by atoms with Gasteiger partial charge in [-0.05, 0) is 47.9 Å². The zero-order chi connectivity index (χ0) is 27.8. The second-order valence-electron chi connectivity index (χ2n) is 10.6. The lowest BCUT2D eigenvalue weighted by molar-refractivity contribution is 0.0320. The first-order valence-corrected chi connectivity index (χ1v) is 14.2. The van der Waals surface area contributed by atoms with Crippen LogP contribution in [0.5, 0.6) is 0 Å². The maximum atomic E-state index is 15.1. The topological polar surface area (TPSA) is 9.23 Å². The molecule has 0 spiro atoms. The van der Waals surface area contributed by atoms with E-state index < -0.39 is 23.3 Å². The van der Waals surface area contributed by atoms with Gasteiger partial charge in [-0.2, -0.15) is 0 Å². The summed E-state index contributed by atoms with van der Waals surface area (Å²) in [6.45, 7) is 6.22. The van der Waals surface area contributed by atoms with E-state index in [0.29, 0.717) is 41.7 Å². The van der Waals surface area contributed by atoms with Gasteiger partial charge in [0.25, 0.3) is 0 Å². The second kappa shape index (κ2) is 13.9. The van der Waals surface area contributed by atoms with Gasteiger partial charge in [0.05, 0.1) is 12.7 Å². The summed E-state index contributed by atoms with van der Waals surface area (Å²) in [6, 6.07) is 12.9. The van der Waals surface area contributed by atoms with Crippen molar-refractivity contribution in [1.29, 1.82) is 0 Å². The van der Waals surface area contributed by atoms with Crippen molar-refractivity contribution in [2.75, 3.05) is 6.61 Å². The smallest absolute Gasteiger partial charge is 0.166 e. The van der Waals surface area contributed by atoms with Gasteiger partial charge < -0.3 is 4.74 Å². The van der Waals surface area contributed by atoms with Crippen LogP contribution in [0.15, 0.2) is 61.2 Å². The van der Waals surface area contributed by atoms with Crippen LogP contribution in [0.3, 0.4) is 0 Å². The monoisotopic (exact) mass is 538 g/mol. The molecule has 1 aliphatic rings. The van der Waals surface area contributed by atoms with Crippen LogP contribution in [0.4, 0.5) is 17.6 Å². The first-order valence-electron chi connectivity index (χ1n) is 14.2. The predicted molar refractivity (Wildman–Crippen MR) is 151 cm³/mol. The molecule has 0 amide bonds. The SMILES string of the molecule is C=CC1CCC(c2ccc(-c3ccc(-c4ccc(CCCCCCCCC)c(F)c4F)cc3)c(F)c2F)CO1. The van der Waals surface area contributed by atoms with E-state index in [1.165, 1.54) is 25.7 Å². The van der Waals surface area contributed by atoms with Crippen molar-refractivity contribution in [3.8, 4) is 22.3 Å². The Morgan fingerprint density at radius 3 is 1.90 bits per heavy atom. The minimum absolute atomic E-state index is 0.0495. The maximum Gasteiger partial charge on any atom is 0.166 e. The number of aryl methyl sites for hydroxylation is 1. The van der Waals surface area contributed by atoms with Gasteiger partial charge >= 0.3 is 0 Å². The molecule has 2 atom stereocenters. The first kappa shape index (κ1) is 29.1. The third kappa shape index (κ3) is 7.00. The third-order valence-electron chi connectivity index (χ3n) is 7.84. The summed E-state index contributed by atoms with van der Waals surface area (Å²) in [6.07, 6.45) is 11.4. The fourth-order valence-corrected chi connectivity index (χ4v) is 5.41. The molecule has 3 aromatic carbocycles. The summed E-state index contributed by atoms with van der Waals surface area (Å²) < 4.78 is 65.6. The molecule has 3 aromatic rings. The number of halogens is 4. The number of unbranched alkanes of at least 4 members (excludes halogenated alkanes) is 6. The van der Waals surface area contributed by atoms with Crippen molar-refractivity contribution < 1.29 is 22.3 Å². The van der Waals surface area contributed by atoms with E-state index in [2.05, 4.69) is 13.5 Å². The van der Waals surface area contributed by atoms with Gasteiger partial charge in [-0.3, -0.25) is 0 Å². The Labute approximate surface area is 229 Å². The van der Waals surface area contributed by atoms with Crippen molar-refractivity contribution in [3.63, 3.8) is 0 Å². The van der Waals surface area contributed by atoms with Crippen LogP contribution in [0, 0.1) is 23.3 Å². The van der Waals surface area contributed by atoms with E-state index >= 15 is 8.78 Å². The van der Waals surface area contributed by atoms with E-state index in [0.717, 1.165) is 25.7 Å². The number of rotatable bonds is 12. The summed E-state index contributed by atoms with van der Waals surface area (Å²) in [4.78, 5) is 0. The number of hydrogen-bond donors (Lipinski definition) is 0. The largest absolute Gasteiger partial charge is 0.374 e. The van der Waals surface area contributed by atoms with E-state index in [1.807, 2.05) is 0 Å². The fraction of sp³-hybridized carbons (Fsp3) is 0.412. The molecule has 0 saturated carbocycles. The van der Waals surface area contributed by atoms with E-state index in [9.17, 15) is 8.78 Å². The van der Waals surface area contributed by atoms with Crippen molar-refractivity contribution in [3.05, 3.63) is 95.6 Å². The normalized spacial score (nSPS) is 17.4. The van der Waals surface area contributed by atoms with E-state index in [-0.39, 0.29) is 23.1 Å². The Morgan fingerprint density at radius 1 is 0.718 bits per heavy atom. The highest BCUT2D eigenvalue weighted by Gasteiger charge is 2.26. The summed E-state index contributed by atoms with van der Waals surface area (Å²) >= 11 is 0. The zero-order valence-electron chi connectivity index (χ0n) is 22.8. The molecule has 2 unspecified atom stereocenters. The van der Waals surface area contributed by atoms with Crippen LogP contribution in [-0.4, -0.2) is 12.7 Å². The average Bonchev–Trinajstić information content (AvgIpc) is 2.96. The van der Waals surface area contributed by atoms with Gasteiger partial charge in [-0.1, -0.05) is 100 Å². The van der Waals surface area contributed by atoms with Gasteiger partial charge in [-0.15, -0.1) is 6.58 Å².